The highest BCUT2D eigenvalue weighted by molar-refractivity contribution is 7.92. The Morgan fingerprint density at radius 3 is 2.38 bits per heavy atom. The number of amides is 2. The van der Waals surface area contributed by atoms with Crippen LogP contribution in [0.4, 0.5) is 17.2 Å². The molecule has 34 heavy (non-hydrogen) atoms. The lowest BCUT2D eigenvalue weighted by Crippen LogP contribution is -2.23. The van der Waals surface area contributed by atoms with Crippen molar-refractivity contribution in [3.05, 3.63) is 50.5 Å². The number of thiazole rings is 1. The highest BCUT2D eigenvalue weighted by atomic mass is 35.5. The zero-order chi connectivity index (χ0) is 23.8. The first-order chi connectivity index (χ1) is 15.6. The number of ether oxygens (including phenoxy) is 1. The van der Waals surface area contributed by atoms with E-state index in [9.17, 15) is 18.0 Å². The fourth-order valence-electron chi connectivity index (χ4n) is 2.88. The van der Waals surface area contributed by atoms with Crippen molar-refractivity contribution in [1.29, 1.82) is 5.41 Å². The summed E-state index contributed by atoms with van der Waals surface area (Å²) < 4.78 is 29.2. The van der Waals surface area contributed by atoms with Gasteiger partial charge in [0.1, 0.15) is 11.5 Å². The molecule has 3 aromatic rings. The monoisotopic (exact) mass is 541 g/mol. The summed E-state index contributed by atoms with van der Waals surface area (Å²) in [6, 6.07) is 9.84. The Labute approximate surface area is 209 Å². The van der Waals surface area contributed by atoms with Gasteiger partial charge in [0, 0.05) is 17.6 Å². The lowest BCUT2D eigenvalue weighted by Gasteiger charge is -2.15. The molecule has 0 unspecified atom stereocenters. The average molecular weight is 542 g/mol. The van der Waals surface area contributed by atoms with E-state index in [-0.39, 0.29) is 33.4 Å². The topological polar surface area (TPSA) is 142 Å². The van der Waals surface area contributed by atoms with Crippen LogP contribution in [0.2, 0.25) is 4.34 Å². The number of thiophene rings is 1. The van der Waals surface area contributed by atoms with Gasteiger partial charge >= 0.3 is 0 Å². The second-order valence-electron chi connectivity index (χ2n) is 6.79. The van der Waals surface area contributed by atoms with Gasteiger partial charge in [0.05, 0.1) is 15.8 Å². The van der Waals surface area contributed by atoms with Crippen LogP contribution in [0.25, 0.3) is 0 Å². The van der Waals surface area contributed by atoms with Gasteiger partial charge in [0.2, 0.25) is 14.2 Å². The molecule has 1 saturated heterocycles. The zero-order valence-corrected chi connectivity index (χ0v) is 20.1. The van der Waals surface area contributed by atoms with Crippen LogP contribution in [0.3, 0.4) is 0 Å². The Hall–Kier alpha value is -3.00. The quantitative estimate of drug-likeness (QED) is 0.425. The number of aromatic nitrogens is 1. The fraction of sp³-hybridized carbons (Fsp3) is 0.200. The van der Waals surface area contributed by atoms with Gasteiger partial charge in [-0.25, -0.2) is 13.4 Å². The summed E-state index contributed by atoms with van der Waals surface area (Å²) in [6.07, 6.45) is 0.969. The summed E-state index contributed by atoms with van der Waals surface area (Å²) >= 11 is 7.56. The predicted molar refractivity (Wildman–Crippen MR) is 135 cm³/mol. The van der Waals surface area contributed by atoms with Crippen molar-refractivity contribution in [2.24, 2.45) is 0 Å². The number of sulfone groups is 1. The summed E-state index contributed by atoms with van der Waals surface area (Å²) in [5, 5.41) is 12.9. The third kappa shape index (κ3) is 5.55. The first-order valence-corrected chi connectivity index (χ1v) is 13.2. The van der Waals surface area contributed by atoms with Crippen molar-refractivity contribution >= 4 is 79.1 Å². The summed E-state index contributed by atoms with van der Waals surface area (Å²) in [6.45, 7) is 0.982. The van der Waals surface area contributed by atoms with Gasteiger partial charge in [-0.15, -0.1) is 11.3 Å². The predicted octanol–water partition coefficient (Wildman–Crippen LogP) is 4.17. The van der Waals surface area contributed by atoms with Gasteiger partial charge in [-0.1, -0.05) is 30.4 Å². The molecule has 0 bridgehead atoms. The van der Waals surface area contributed by atoms with Gasteiger partial charge in [-0.3, -0.25) is 19.9 Å². The smallest absolute Gasteiger partial charge is 0.289 e. The minimum atomic E-state index is -3.71. The maximum atomic E-state index is 12.9. The Balaban J connectivity index is 0.00000324. The number of benzene rings is 1. The number of amidine groups is 1. The van der Waals surface area contributed by atoms with E-state index >= 15 is 0 Å². The molecule has 4 rings (SSSR count). The van der Waals surface area contributed by atoms with Crippen LogP contribution in [0, 0.1) is 5.41 Å². The van der Waals surface area contributed by atoms with Crippen LogP contribution in [0.1, 0.15) is 26.8 Å². The van der Waals surface area contributed by atoms with E-state index in [1.165, 1.54) is 6.07 Å². The SMILES string of the molecule is C.CS(=O)(=O)c1nc(NC(=O)c2ccc(Cl)s2)c(C(=O)Nc2ccc(N3CCOC3=N)cc2)s1. The third-order valence-electron chi connectivity index (χ3n) is 4.40. The van der Waals surface area contributed by atoms with Gasteiger partial charge in [-0.2, -0.15) is 0 Å². The molecule has 14 heteroatoms. The van der Waals surface area contributed by atoms with Crippen LogP contribution in [0.15, 0.2) is 40.7 Å². The molecular weight excluding hydrogens is 522 g/mol. The minimum Gasteiger partial charge on any atom is -0.463 e. The van der Waals surface area contributed by atoms with Gasteiger partial charge in [0.15, 0.2) is 5.82 Å². The summed E-state index contributed by atoms with van der Waals surface area (Å²) in [5.74, 6) is -1.36. The number of anilines is 3. The molecule has 2 amide bonds. The van der Waals surface area contributed by atoms with Crippen molar-refractivity contribution in [2.45, 2.75) is 11.8 Å². The lowest BCUT2D eigenvalue weighted by molar-refractivity contribution is 0.102. The highest BCUT2D eigenvalue weighted by Crippen LogP contribution is 2.30. The molecule has 0 radical (unpaired) electrons. The Morgan fingerprint density at radius 1 is 1.12 bits per heavy atom. The van der Waals surface area contributed by atoms with E-state index in [0.29, 0.717) is 34.5 Å². The molecule has 0 atom stereocenters. The number of hydrogen-bond donors (Lipinski definition) is 3. The van der Waals surface area contributed by atoms with E-state index in [4.69, 9.17) is 21.7 Å². The average Bonchev–Trinajstić information content (AvgIpc) is 3.48. The second kappa shape index (κ2) is 10.1. The number of carbonyl (C=O) groups is 2. The summed E-state index contributed by atoms with van der Waals surface area (Å²) in [7, 11) is -3.71. The van der Waals surface area contributed by atoms with Crippen LogP contribution in [-0.2, 0) is 14.6 Å². The molecule has 3 heterocycles. The van der Waals surface area contributed by atoms with E-state index in [2.05, 4.69) is 15.6 Å². The largest absolute Gasteiger partial charge is 0.463 e. The number of hydrogen-bond acceptors (Lipinski definition) is 9. The molecule has 3 N–H and O–H groups in total. The molecule has 1 fully saturated rings. The van der Waals surface area contributed by atoms with Gasteiger partial charge in [0.25, 0.3) is 17.8 Å². The molecule has 1 aliphatic rings. The summed E-state index contributed by atoms with van der Waals surface area (Å²) in [4.78, 5) is 31.3. The number of carbonyl (C=O) groups excluding carboxylic acids is 2. The summed E-state index contributed by atoms with van der Waals surface area (Å²) in [5.41, 5.74) is 1.17. The maximum absolute atomic E-state index is 12.9. The Morgan fingerprint density at radius 2 is 1.82 bits per heavy atom. The molecule has 1 aromatic carbocycles. The molecular formula is C20H20ClN5O5S3. The van der Waals surface area contributed by atoms with Crippen LogP contribution >= 0.6 is 34.3 Å². The number of halogens is 1. The fourth-order valence-corrected chi connectivity index (χ4v) is 5.57. The number of nitrogens with one attached hydrogen (secondary N) is 3. The molecule has 10 nitrogen and oxygen atoms in total. The molecule has 0 spiro atoms. The third-order valence-corrected chi connectivity index (χ3v) is 8.36. The Bertz CT molecular complexity index is 1350. The van der Waals surface area contributed by atoms with E-state index in [0.717, 1.165) is 23.3 Å². The molecule has 0 saturated carbocycles. The molecule has 1 aliphatic heterocycles. The van der Waals surface area contributed by atoms with Crippen LogP contribution in [0.5, 0.6) is 0 Å². The first kappa shape index (κ1) is 25.6. The van der Waals surface area contributed by atoms with Crippen LogP contribution < -0.4 is 15.5 Å². The van der Waals surface area contributed by atoms with Crippen molar-refractivity contribution in [3.63, 3.8) is 0 Å². The van der Waals surface area contributed by atoms with Crippen LogP contribution in [-0.4, -0.2) is 50.6 Å². The lowest BCUT2D eigenvalue weighted by atomic mass is 10.2. The zero-order valence-electron chi connectivity index (χ0n) is 16.9. The normalized spacial score (nSPS) is 13.2. The van der Waals surface area contributed by atoms with E-state index in [1.807, 2.05) is 0 Å². The van der Waals surface area contributed by atoms with Gasteiger partial charge in [-0.05, 0) is 36.4 Å². The van der Waals surface area contributed by atoms with Crippen molar-refractivity contribution in [3.8, 4) is 0 Å². The second-order valence-corrected chi connectivity index (χ2v) is 11.7. The van der Waals surface area contributed by atoms with E-state index < -0.39 is 21.7 Å². The first-order valence-electron chi connectivity index (χ1n) is 9.29. The standard InChI is InChI=1S/C19H16ClN5O5S3.CH4/c1-33(28,29)19-24-15(23-16(26)12-6-7-13(20)31-12)14(32-19)17(27)22-10-2-4-11(5-3-10)25-8-9-30-18(25)21;/h2-7,21H,8-9H2,1H3,(H,22,27)(H,23,26);1H4. The number of rotatable bonds is 6. The molecule has 180 valence electrons. The minimum absolute atomic E-state index is 0. The van der Waals surface area contributed by atoms with Crippen molar-refractivity contribution < 1.29 is 22.7 Å². The Kier molecular flexibility index (Phi) is 7.60. The molecule has 0 aliphatic carbocycles. The van der Waals surface area contributed by atoms with Gasteiger partial charge < -0.3 is 15.4 Å². The maximum Gasteiger partial charge on any atom is 0.289 e. The molecule has 2 aromatic heterocycles. The van der Waals surface area contributed by atoms with Crippen molar-refractivity contribution in [1.82, 2.24) is 4.98 Å². The highest BCUT2D eigenvalue weighted by Gasteiger charge is 2.25. The number of nitrogens with zero attached hydrogens (tertiary/aromatic N) is 2. The van der Waals surface area contributed by atoms with Crippen molar-refractivity contribution in [2.75, 3.05) is 34.9 Å². The van der Waals surface area contributed by atoms with E-state index in [1.54, 1.807) is 35.2 Å².